The van der Waals surface area contributed by atoms with Gasteiger partial charge in [0.25, 0.3) is 5.91 Å². The van der Waals surface area contributed by atoms with Gasteiger partial charge in [-0.2, -0.15) is 0 Å². The molecule has 3 aromatic carbocycles. The Morgan fingerprint density at radius 3 is 2.15 bits per heavy atom. The van der Waals surface area contributed by atoms with Crippen LogP contribution in [0.2, 0.25) is 0 Å². The van der Waals surface area contributed by atoms with Crippen molar-refractivity contribution in [2.24, 2.45) is 0 Å². The zero-order valence-corrected chi connectivity index (χ0v) is 19.3. The number of aliphatic hydroxyl groups excluding tert-OH is 1. The third-order valence-corrected chi connectivity index (χ3v) is 5.55. The van der Waals surface area contributed by atoms with Gasteiger partial charge in [0.1, 0.15) is 11.3 Å². The van der Waals surface area contributed by atoms with Gasteiger partial charge in [-0.15, -0.1) is 0 Å². The van der Waals surface area contributed by atoms with Crippen molar-refractivity contribution in [3.63, 3.8) is 0 Å². The second-order valence-electron chi connectivity index (χ2n) is 8.43. The summed E-state index contributed by atoms with van der Waals surface area (Å²) in [4.78, 5) is 23.2. The molecule has 0 fully saturated rings. The molecule has 0 aromatic heterocycles. The number of nitrogens with one attached hydrogen (secondary N) is 2. The molecule has 0 aliphatic rings. The third kappa shape index (κ3) is 6.83. The molecule has 0 bridgehead atoms. The molecule has 4 N–H and O–H groups in total. The number of hydrogen-bond acceptors (Lipinski definition) is 4. The lowest BCUT2D eigenvalue weighted by molar-refractivity contribution is -0.123. The van der Waals surface area contributed by atoms with Gasteiger partial charge in [-0.25, -0.2) is 4.79 Å². The van der Waals surface area contributed by atoms with E-state index in [0.717, 1.165) is 12.8 Å². The minimum atomic E-state index is -1.64. The smallest absolute Gasteiger partial charge is 0.405 e. The number of hydrogen-bond donors (Lipinski definition) is 4. The van der Waals surface area contributed by atoms with E-state index in [0.29, 0.717) is 11.4 Å². The van der Waals surface area contributed by atoms with Crippen molar-refractivity contribution >= 4 is 17.7 Å². The van der Waals surface area contributed by atoms with E-state index < -0.39 is 24.1 Å². The topological polar surface area (TPSA) is 108 Å². The fourth-order valence-electron chi connectivity index (χ4n) is 3.45. The highest BCUT2D eigenvalue weighted by Gasteiger charge is 2.34. The molecule has 0 spiro atoms. The van der Waals surface area contributed by atoms with Crippen molar-refractivity contribution in [1.82, 2.24) is 5.32 Å². The van der Waals surface area contributed by atoms with Crippen molar-refractivity contribution in [2.45, 2.75) is 38.3 Å². The first-order valence-electron chi connectivity index (χ1n) is 11.1. The molecule has 0 aliphatic heterocycles. The van der Waals surface area contributed by atoms with Crippen molar-refractivity contribution in [2.75, 3.05) is 11.9 Å². The maximum Gasteiger partial charge on any atom is 0.405 e. The Balaban J connectivity index is 1.49. The van der Waals surface area contributed by atoms with Crippen LogP contribution in [0, 0.1) is 0 Å². The van der Waals surface area contributed by atoms with Gasteiger partial charge in [-0.05, 0) is 67.6 Å². The molecule has 7 nitrogen and oxygen atoms in total. The van der Waals surface area contributed by atoms with E-state index in [1.165, 1.54) is 23.6 Å². The molecule has 0 heterocycles. The van der Waals surface area contributed by atoms with Gasteiger partial charge in [-0.3, -0.25) is 4.79 Å². The molecule has 7 heteroatoms. The monoisotopic (exact) mass is 462 g/mol. The molecule has 0 radical (unpaired) electrons. The number of amides is 2. The SMILES string of the molecule is CC(CCc1ccc(-c2ccccc2)cc1)Oc1ccc(NC(=O)[C@](C)(CO)NC(=O)O)cc1. The maximum atomic E-state index is 12.4. The number of aliphatic hydroxyl groups is 1. The lowest BCUT2D eigenvalue weighted by Crippen LogP contribution is -2.56. The van der Waals surface area contributed by atoms with Crippen LogP contribution in [0.1, 0.15) is 25.8 Å². The molecule has 0 saturated carbocycles. The Kier molecular flexibility index (Phi) is 8.27. The second kappa shape index (κ2) is 11.3. The lowest BCUT2D eigenvalue weighted by Gasteiger charge is -2.25. The fraction of sp³-hybridized carbons (Fsp3) is 0.259. The zero-order valence-electron chi connectivity index (χ0n) is 19.3. The van der Waals surface area contributed by atoms with E-state index in [-0.39, 0.29) is 6.10 Å². The average molecular weight is 463 g/mol. The lowest BCUT2D eigenvalue weighted by atomic mass is 10.0. The third-order valence-electron chi connectivity index (χ3n) is 5.55. The largest absolute Gasteiger partial charge is 0.491 e. The molecule has 1 unspecified atom stereocenters. The van der Waals surface area contributed by atoms with Crippen LogP contribution in [0.4, 0.5) is 10.5 Å². The average Bonchev–Trinajstić information content (AvgIpc) is 2.84. The number of carboxylic acid groups (broad SMARTS) is 1. The summed E-state index contributed by atoms with van der Waals surface area (Å²) in [5.74, 6) is 0.0104. The quantitative estimate of drug-likeness (QED) is 0.349. The van der Waals surface area contributed by atoms with Gasteiger partial charge in [0, 0.05) is 5.69 Å². The van der Waals surface area contributed by atoms with Crippen LogP contribution in [0.5, 0.6) is 5.75 Å². The highest BCUT2D eigenvalue weighted by atomic mass is 16.5. The number of anilines is 1. The summed E-state index contributed by atoms with van der Waals surface area (Å²) in [5.41, 5.74) is 2.46. The molecular formula is C27H30N2O5. The van der Waals surface area contributed by atoms with Crippen LogP contribution >= 0.6 is 0 Å². The summed E-state index contributed by atoms with van der Waals surface area (Å²) in [6.07, 6.45) is 0.336. The Bertz CT molecular complexity index is 1080. The Hall–Kier alpha value is -3.84. The number of carbonyl (C=O) groups is 2. The van der Waals surface area contributed by atoms with Gasteiger partial charge < -0.3 is 25.6 Å². The fourth-order valence-corrected chi connectivity index (χ4v) is 3.45. The number of benzene rings is 3. The van der Waals surface area contributed by atoms with Crippen LogP contribution in [0.3, 0.4) is 0 Å². The number of carbonyl (C=O) groups excluding carboxylic acids is 1. The van der Waals surface area contributed by atoms with Crippen LogP contribution in [-0.4, -0.2) is 40.5 Å². The van der Waals surface area contributed by atoms with Crippen molar-refractivity contribution in [1.29, 1.82) is 0 Å². The maximum absolute atomic E-state index is 12.4. The first-order chi connectivity index (χ1) is 16.3. The first-order valence-corrected chi connectivity index (χ1v) is 11.1. The Morgan fingerprint density at radius 1 is 0.941 bits per heavy atom. The van der Waals surface area contributed by atoms with E-state index in [1.807, 2.05) is 30.4 Å². The summed E-state index contributed by atoms with van der Waals surface area (Å²) in [6, 6.07) is 25.6. The molecule has 34 heavy (non-hydrogen) atoms. The molecule has 2 amide bonds. The normalized spacial score (nSPS) is 13.4. The molecule has 2 atom stereocenters. The van der Waals surface area contributed by atoms with E-state index in [1.54, 1.807) is 24.3 Å². The van der Waals surface area contributed by atoms with Gasteiger partial charge in [-0.1, -0.05) is 54.6 Å². The van der Waals surface area contributed by atoms with Gasteiger partial charge in [0.2, 0.25) is 0 Å². The van der Waals surface area contributed by atoms with Crippen molar-refractivity contribution in [3.8, 4) is 16.9 Å². The summed E-state index contributed by atoms with van der Waals surface area (Å²) in [5, 5.41) is 22.9. The standard InChI is InChI=1S/C27H30N2O5/c1-19(8-9-20-10-12-22(13-11-20)21-6-4-3-5-7-21)34-24-16-14-23(15-17-24)28-25(31)27(2,18-30)29-26(32)33/h3-7,10-17,19,29-30H,8-9,18H2,1-2H3,(H,28,31)(H,32,33)/t19?,27-/m0/s1. The van der Waals surface area contributed by atoms with Crippen LogP contribution in [-0.2, 0) is 11.2 Å². The molecule has 178 valence electrons. The highest BCUT2D eigenvalue weighted by molar-refractivity contribution is 5.99. The predicted octanol–water partition coefficient (Wildman–Crippen LogP) is 4.71. The highest BCUT2D eigenvalue weighted by Crippen LogP contribution is 2.22. The number of rotatable bonds is 10. The second-order valence-corrected chi connectivity index (χ2v) is 8.43. The molecule has 3 rings (SSSR count). The summed E-state index contributed by atoms with van der Waals surface area (Å²) in [6.45, 7) is 2.65. The minimum absolute atomic E-state index is 0.00770. The Morgan fingerprint density at radius 2 is 1.56 bits per heavy atom. The predicted molar refractivity (Wildman–Crippen MR) is 132 cm³/mol. The molecule has 3 aromatic rings. The van der Waals surface area contributed by atoms with Gasteiger partial charge in [0.05, 0.1) is 12.7 Å². The van der Waals surface area contributed by atoms with Gasteiger partial charge >= 0.3 is 6.09 Å². The number of ether oxygens (including phenoxy) is 1. The van der Waals surface area contributed by atoms with Gasteiger partial charge in [0.15, 0.2) is 0 Å². The first kappa shape index (κ1) is 24.8. The van der Waals surface area contributed by atoms with E-state index >= 15 is 0 Å². The minimum Gasteiger partial charge on any atom is -0.491 e. The van der Waals surface area contributed by atoms with Crippen molar-refractivity contribution in [3.05, 3.63) is 84.4 Å². The molecule has 0 aliphatic carbocycles. The van der Waals surface area contributed by atoms with Crippen LogP contribution < -0.4 is 15.4 Å². The van der Waals surface area contributed by atoms with Crippen LogP contribution in [0.15, 0.2) is 78.9 Å². The molecular weight excluding hydrogens is 432 g/mol. The van der Waals surface area contributed by atoms with Crippen LogP contribution in [0.25, 0.3) is 11.1 Å². The van der Waals surface area contributed by atoms with E-state index in [9.17, 15) is 14.7 Å². The zero-order chi connectivity index (χ0) is 24.6. The summed E-state index contributed by atoms with van der Waals surface area (Å²) in [7, 11) is 0. The summed E-state index contributed by atoms with van der Waals surface area (Å²) < 4.78 is 5.99. The van der Waals surface area contributed by atoms with E-state index in [4.69, 9.17) is 9.84 Å². The summed E-state index contributed by atoms with van der Waals surface area (Å²) >= 11 is 0. The Labute approximate surface area is 199 Å². The van der Waals surface area contributed by atoms with E-state index in [2.05, 4.69) is 41.7 Å². The molecule has 0 saturated heterocycles. The van der Waals surface area contributed by atoms with Crippen molar-refractivity contribution < 1.29 is 24.5 Å². The number of aryl methyl sites for hydroxylation is 1.